The number of rotatable bonds is 7. The van der Waals surface area contributed by atoms with Crippen molar-refractivity contribution in [3.05, 3.63) is 97.1 Å². The van der Waals surface area contributed by atoms with Crippen LogP contribution in [0.15, 0.2) is 86.0 Å². The van der Waals surface area contributed by atoms with E-state index in [1.807, 2.05) is 48.6 Å². The third kappa shape index (κ3) is 5.62. The van der Waals surface area contributed by atoms with Crippen molar-refractivity contribution < 1.29 is 0 Å². The van der Waals surface area contributed by atoms with Gasteiger partial charge in [-0.3, -0.25) is 4.90 Å². The van der Waals surface area contributed by atoms with Gasteiger partial charge < -0.3 is 0 Å². The van der Waals surface area contributed by atoms with Crippen molar-refractivity contribution >= 4 is 0 Å². The molecular formula is C22H23N. The van der Waals surface area contributed by atoms with Crippen LogP contribution in [0.1, 0.15) is 11.1 Å². The fraction of sp³-hybridized carbons (Fsp3) is 0.182. The lowest BCUT2D eigenvalue weighted by molar-refractivity contribution is 0.287. The summed E-state index contributed by atoms with van der Waals surface area (Å²) in [6, 6.07) is 20.7. The molecule has 1 atom stereocenters. The van der Waals surface area contributed by atoms with Crippen molar-refractivity contribution in [3.63, 3.8) is 0 Å². The Bertz CT molecular complexity index is 651. The first-order chi connectivity index (χ1) is 11.3. The van der Waals surface area contributed by atoms with Crippen LogP contribution in [0.5, 0.6) is 0 Å². The molecule has 0 heterocycles. The van der Waals surface area contributed by atoms with Crippen LogP contribution in [0, 0.1) is 11.8 Å². The van der Waals surface area contributed by atoms with Gasteiger partial charge in [0.05, 0.1) is 6.04 Å². The molecule has 0 aliphatic carbocycles. The Hall–Kier alpha value is -2.56. The molecule has 0 radical (unpaired) electrons. The molecule has 1 heteroatoms. The summed E-state index contributed by atoms with van der Waals surface area (Å²) < 4.78 is 0. The van der Waals surface area contributed by atoms with Gasteiger partial charge in [-0.05, 0) is 24.1 Å². The van der Waals surface area contributed by atoms with E-state index in [1.165, 1.54) is 5.56 Å². The van der Waals surface area contributed by atoms with Crippen molar-refractivity contribution in [2.45, 2.75) is 12.5 Å². The first kappa shape index (κ1) is 16.8. The molecule has 0 saturated carbocycles. The molecule has 0 aliphatic heterocycles. The molecule has 1 nitrogen and oxygen atoms in total. The zero-order valence-electron chi connectivity index (χ0n) is 13.5. The lowest BCUT2D eigenvalue weighted by Gasteiger charge is -2.26. The second kappa shape index (κ2) is 9.46. The van der Waals surface area contributed by atoms with Crippen LogP contribution in [0.3, 0.4) is 0 Å². The Morgan fingerprint density at radius 2 is 1.43 bits per heavy atom. The molecule has 2 rings (SSSR count). The van der Waals surface area contributed by atoms with E-state index in [4.69, 9.17) is 0 Å². The van der Waals surface area contributed by atoms with Crippen LogP contribution in [-0.2, 0) is 6.42 Å². The average molecular weight is 301 g/mol. The summed E-state index contributed by atoms with van der Waals surface area (Å²) in [4.78, 5) is 2.29. The fourth-order valence-electron chi connectivity index (χ4n) is 2.46. The summed E-state index contributed by atoms with van der Waals surface area (Å²) in [6.07, 6.45) is 4.74. The van der Waals surface area contributed by atoms with Gasteiger partial charge in [-0.1, -0.05) is 72.5 Å². The smallest absolute Gasteiger partial charge is 0.0764 e. The maximum atomic E-state index is 3.87. The van der Waals surface area contributed by atoms with E-state index in [0.717, 1.165) is 25.1 Å². The van der Waals surface area contributed by atoms with E-state index in [-0.39, 0.29) is 6.04 Å². The first-order valence-electron chi connectivity index (χ1n) is 7.90. The topological polar surface area (TPSA) is 3.24 Å². The van der Waals surface area contributed by atoms with Crippen LogP contribution in [0.4, 0.5) is 0 Å². The maximum absolute atomic E-state index is 3.87. The van der Waals surface area contributed by atoms with E-state index >= 15 is 0 Å². The maximum Gasteiger partial charge on any atom is 0.0764 e. The van der Waals surface area contributed by atoms with E-state index in [0.29, 0.717) is 0 Å². The van der Waals surface area contributed by atoms with Crippen molar-refractivity contribution in [1.29, 1.82) is 0 Å². The molecule has 0 fully saturated rings. The van der Waals surface area contributed by atoms with Crippen molar-refractivity contribution in [1.82, 2.24) is 4.90 Å². The summed E-state index contributed by atoms with van der Waals surface area (Å²) in [7, 11) is 0. The molecule has 2 aromatic rings. The first-order valence-corrected chi connectivity index (χ1v) is 7.90. The second-order valence-electron chi connectivity index (χ2n) is 5.37. The average Bonchev–Trinajstić information content (AvgIpc) is 2.60. The SMILES string of the molecule is C=CCN(CC=C)C(C#Cc1ccccc1)Cc1ccccc1. The molecular weight excluding hydrogens is 278 g/mol. The molecule has 0 aliphatic rings. The molecule has 2 aromatic carbocycles. The summed E-state index contributed by atoms with van der Waals surface area (Å²) in [5.74, 6) is 6.74. The van der Waals surface area contributed by atoms with Crippen LogP contribution in [-0.4, -0.2) is 24.0 Å². The molecule has 23 heavy (non-hydrogen) atoms. The van der Waals surface area contributed by atoms with Gasteiger partial charge >= 0.3 is 0 Å². The minimum Gasteiger partial charge on any atom is -0.282 e. The lowest BCUT2D eigenvalue weighted by Crippen LogP contribution is -2.36. The predicted octanol–water partition coefficient (Wildman–Crippen LogP) is 4.32. The Labute approximate surface area is 140 Å². The van der Waals surface area contributed by atoms with Gasteiger partial charge in [-0.2, -0.15) is 0 Å². The molecule has 116 valence electrons. The third-order valence-corrected chi connectivity index (χ3v) is 3.60. The third-order valence-electron chi connectivity index (χ3n) is 3.60. The Kier molecular flexibility index (Phi) is 6.91. The fourth-order valence-corrected chi connectivity index (χ4v) is 2.46. The highest BCUT2D eigenvalue weighted by Crippen LogP contribution is 2.10. The van der Waals surface area contributed by atoms with Crippen LogP contribution in [0.2, 0.25) is 0 Å². The molecule has 0 spiro atoms. The summed E-state index contributed by atoms with van der Waals surface area (Å²) >= 11 is 0. The van der Waals surface area contributed by atoms with Gasteiger partial charge in [-0.15, -0.1) is 13.2 Å². The number of hydrogen-bond acceptors (Lipinski definition) is 1. The Morgan fingerprint density at radius 3 is 2.00 bits per heavy atom. The zero-order chi connectivity index (χ0) is 16.3. The molecule has 0 aromatic heterocycles. The molecule has 0 N–H and O–H groups in total. The zero-order valence-corrected chi connectivity index (χ0v) is 13.5. The quantitative estimate of drug-likeness (QED) is 0.544. The second-order valence-corrected chi connectivity index (χ2v) is 5.37. The van der Waals surface area contributed by atoms with E-state index in [9.17, 15) is 0 Å². The van der Waals surface area contributed by atoms with E-state index < -0.39 is 0 Å². The Balaban J connectivity index is 2.24. The van der Waals surface area contributed by atoms with Crippen molar-refractivity contribution in [2.24, 2.45) is 0 Å². The molecule has 0 saturated heterocycles. The number of benzene rings is 2. The van der Waals surface area contributed by atoms with Crippen LogP contribution >= 0.6 is 0 Å². The van der Waals surface area contributed by atoms with Gasteiger partial charge in [0, 0.05) is 18.7 Å². The summed E-state index contributed by atoms with van der Waals surface area (Å²) in [5.41, 5.74) is 2.33. The largest absolute Gasteiger partial charge is 0.282 e. The van der Waals surface area contributed by atoms with Gasteiger partial charge in [-0.25, -0.2) is 0 Å². The summed E-state index contributed by atoms with van der Waals surface area (Å²) in [6.45, 7) is 9.33. The minimum absolute atomic E-state index is 0.133. The summed E-state index contributed by atoms with van der Waals surface area (Å²) in [5, 5.41) is 0. The van der Waals surface area contributed by atoms with E-state index in [1.54, 1.807) is 0 Å². The van der Waals surface area contributed by atoms with Gasteiger partial charge in [0.2, 0.25) is 0 Å². The number of hydrogen-bond donors (Lipinski definition) is 0. The van der Waals surface area contributed by atoms with Crippen LogP contribution in [0.25, 0.3) is 0 Å². The predicted molar refractivity (Wildman–Crippen MR) is 99.2 cm³/mol. The standard InChI is InChI=1S/C22H23N/c1-3-17-23(18-4-2)22(19-21-13-9-6-10-14-21)16-15-20-11-7-5-8-12-20/h3-14,22H,1-2,17-19H2. The van der Waals surface area contributed by atoms with Gasteiger partial charge in [0.1, 0.15) is 0 Å². The highest BCUT2D eigenvalue weighted by molar-refractivity contribution is 5.35. The molecule has 0 amide bonds. The number of nitrogens with zero attached hydrogens (tertiary/aromatic N) is 1. The van der Waals surface area contributed by atoms with Gasteiger partial charge in [0.15, 0.2) is 0 Å². The van der Waals surface area contributed by atoms with Crippen molar-refractivity contribution in [2.75, 3.05) is 13.1 Å². The highest BCUT2D eigenvalue weighted by atomic mass is 15.1. The minimum atomic E-state index is 0.133. The van der Waals surface area contributed by atoms with Gasteiger partial charge in [0.25, 0.3) is 0 Å². The highest BCUT2D eigenvalue weighted by Gasteiger charge is 2.14. The Morgan fingerprint density at radius 1 is 0.870 bits per heavy atom. The van der Waals surface area contributed by atoms with Crippen LogP contribution < -0.4 is 0 Å². The monoisotopic (exact) mass is 301 g/mol. The lowest BCUT2D eigenvalue weighted by atomic mass is 10.0. The van der Waals surface area contributed by atoms with E-state index in [2.05, 4.69) is 54.2 Å². The molecule has 1 unspecified atom stereocenters. The molecule has 0 bridgehead atoms. The van der Waals surface area contributed by atoms with Crippen molar-refractivity contribution in [3.8, 4) is 11.8 Å². The normalized spacial score (nSPS) is 11.3.